The van der Waals surface area contributed by atoms with E-state index in [-0.39, 0.29) is 22.4 Å². The number of nitrogens with zero attached hydrogens (tertiary/aromatic N) is 4. The van der Waals surface area contributed by atoms with Gasteiger partial charge < -0.3 is 4.74 Å². The maximum Gasteiger partial charge on any atom is 0.450 e. The Morgan fingerprint density at radius 1 is 1.18 bits per heavy atom. The smallest absolute Gasteiger partial charge is 0.450 e. The van der Waals surface area contributed by atoms with E-state index < -0.39 is 12.0 Å². The number of aromatic nitrogens is 4. The van der Waals surface area contributed by atoms with Crippen LogP contribution in [0.1, 0.15) is 5.82 Å². The first kappa shape index (κ1) is 14.4. The number of ether oxygens (including phenoxy) is 1. The zero-order chi connectivity index (χ0) is 15.9. The Bertz CT molecular complexity index is 830. The number of hydrogen-bond donors (Lipinski definition) is 0. The van der Waals surface area contributed by atoms with Crippen LogP contribution in [-0.2, 0) is 6.18 Å². The molecule has 2 aromatic heterocycles. The van der Waals surface area contributed by atoms with E-state index >= 15 is 0 Å². The Hall–Kier alpha value is -2.58. The fourth-order valence-electron chi connectivity index (χ4n) is 2.06. The molecule has 0 saturated heterocycles. The maximum atomic E-state index is 13.2. The largest absolute Gasteiger partial charge is 0.497 e. The molecule has 2 radical (unpaired) electrons. The average Bonchev–Trinajstić information content (AvgIpc) is 2.86. The van der Waals surface area contributed by atoms with Crippen molar-refractivity contribution in [3.63, 3.8) is 0 Å². The van der Waals surface area contributed by atoms with Crippen LogP contribution in [0.4, 0.5) is 13.2 Å². The number of rotatable bonds is 2. The molecule has 0 bridgehead atoms. The minimum atomic E-state index is -4.64. The lowest BCUT2D eigenvalue weighted by molar-refractivity contribution is -0.145. The molecule has 0 aliphatic carbocycles. The molecule has 0 aliphatic heterocycles. The molecule has 9 heteroatoms. The number of hydrogen-bond acceptors (Lipinski definition) is 4. The third-order valence-electron chi connectivity index (χ3n) is 3.00. The molecule has 2 heterocycles. The molecule has 5 nitrogen and oxygen atoms in total. The molecule has 110 valence electrons. The Morgan fingerprint density at radius 2 is 1.95 bits per heavy atom. The summed E-state index contributed by atoms with van der Waals surface area (Å²) in [6.45, 7) is 0. The van der Waals surface area contributed by atoms with E-state index in [1.165, 1.54) is 25.4 Å². The number of fused-ring (bicyclic) bond motifs is 1. The van der Waals surface area contributed by atoms with Crippen molar-refractivity contribution in [2.24, 2.45) is 0 Å². The van der Waals surface area contributed by atoms with Gasteiger partial charge in [-0.3, -0.25) is 9.55 Å². The van der Waals surface area contributed by atoms with Gasteiger partial charge in [-0.1, -0.05) is 0 Å². The zero-order valence-corrected chi connectivity index (χ0v) is 11.3. The van der Waals surface area contributed by atoms with Crippen molar-refractivity contribution < 1.29 is 17.9 Å². The second kappa shape index (κ2) is 5.01. The highest BCUT2D eigenvalue weighted by Gasteiger charge is 2.38. The molecule has 0 amide bonds. The highest BCUT2D eigenvalue weighted by molar-refractivity contribution is 6.30. The summed E-state index contributed by atoms with van der Waals surface area (Å²) in [7, 11) is 6.84. The standard InChI is InChI=1S/C13H8BF3N4O/c1-22-7-2-3-9-8(4-7)20-12(13(15,16)17)21(9)11-6-18-10(14)5-19-11/h2-6H,1H3. The Labute approximate surface area is 124 Å². The molecule has 22 heavy (non-hydrogen) atoms. The molecule has 0 N–H and O–H groups in total. The molecule has 1 aromatic carbocycles. The molecule has 3 rings (SSSR count). The molecular weight excluding hydrogens is 296 g/mol. The fraction of sp³-hybridized carbons (Fsp3) is 0.154. The normalized spacial score (nSPS) is 11.8. The van der Waals surface area contributed by atoms with Crippen molar-refractivity contribution in [1.82, 2.24) is 19.5 Å². The SMILES string of the molecule is [B]c1cnc(-n2c(C(F)(F)F)nc3cc(OC)ccc32)cn1. The lowest BCUT2D eigenvalue weighted by Crippen LogP contribution is -2.16. The highest BCUT2D eigenvalue weighted by Crippen LogP contribution is 2.34. The predicted octanol–water partition coefficient (Wildman–Crippen LogP) is 1.64. The monoisotopic (exact) mass is 304 g/mol. The van der Waals surface area contributed by atoms with Gasteiger partial charge in [0.1, 0.15) is 13.6 Å². The summed E-state index contributed by atoms with van der Waals surface area (Å²) >= 11 is 0. The van der Waals surface area contributed by atoms with Crippen molar-refractivity contribution in [3.05, 3.63) is 36.4 Å². The minimum Gasteiger partial charge on any atom is -0.497 e. The third kappa shape index (κ3) is 2.38. The molecule has 0 saturated carbocycles. The second-order valence-corrected chi connectivity index (χ2v) is 4.42. The van der Waals surface area contributed by atoms with Gasteiger partial charge in [-0.15, -0.1) is 0 Å². The van der Waals surface area contributed by atoms with Crippen LogP contribution >= 0.6 is 0 Å². The Balaban J connectivity index is 2.32. The summed E-state index contributed by atoms with van der Waals surface area (Å²) in [6.07, 6.45) is -2.30. The van der Waals surface area contributed by atoms with Crippen molar-refractivity contribution >= 4 is 24.5 Å². The molecule has 0 aliphatic rings. The maximum absolute atomic E-state index is 13.2. The van der Waals surface area contributed by atoms with Crippen LogP contribution in [0.15, 0.2) is 30.6 Å². The Morgan fingerprint density at radius 3 is 2.55 bits per heavy atom. The van der Waals surface area contributed by atoms with Crippen molar-refractivity contribution in [1.29, 1.82) is 0 Å². The predicted molar refractivity (Wildman–Crippen MR) is 73.6 cm³/mol. The summed E-state index contributed by atoms with van der Waals surface area (Å²) < 4.78 is 45.6. The summed E-state index contributed by atoms with van der Waals surface area (Å²) in [4.78, 5) is 11.3. The number of benzene rings is 1. The lowest BCUT2D eigenvalue weighted by Gasteiger charge is -2.10. The number of methoxy groups -OCH3 is 1. The first-order valence-corrected chi connectivity index (χ1v) is 6.12. The van der Waals surface area contributed by atoms with E-state index in [1.807, 2.05) is 0 Å². The van der Waals surface area contributed by atoms with Crippen molar-refractivity contribution in [2.45, 2.75) is 6.18 Å². The third-order valence-corrected chi connectivity index (χ3v) is 3.00. The lowest BCUT2D eigenvalue weighted by atomic mass is 10.1. The fourth-order valence-corrected chi connectivity index (χ4v) is 2.06. The van der Waals surface area contributed by atoms with E-state index in [4.69, 9.17) is 12.6 Å². The molecule has 0 spiro atoms. The molecule has 3 aromatic rings. The topological polar surface area (TPSA) is 52.8 Å². The van der Waals surface area contributed by atoms with Gasteiger partial charge >= 0.3 is 6.18 Å². The number of halogens is 3. The van der Waals surface area contributed by atoms with Crippen LogP contribution in [0.3, 0.4) is 0 Å². The first-order valence-electron chi connectivity index (χ1n) is 6.12. The Kier molecular flexibility index (Phi) is 3.27. The summed E-state index contributed by atoms with van der Waals surface area (Å²) in [6, 6.07) is 4.45. The summed E-state index contributed by atoms with van der Waals surface area (Å²) in [5.74, 6) is -0.696. The van der Waals surface area contributed by atoms with Crippen molar-refractivity contribution in [3.8, 4) is 11.6 Å². The summed E-state index contributed by atoms with van der Waals surface area (Å²) in [5.41, 5.74) is 0.501. The number of alkyl halides is 3. The van der Waals surface area contributed by atoms with E-state index in [0.29, 0.717) is 5.75 Å². The first-order chi connectivity index (χ1) is 10.4. The van der Waals surface area contributed by atoms with E-state index in [0.717, 1.165) is 10.8 Å². The molecular formula is C13H8BF3N4O. The van der Waals surface area contributed by atoms with E-state index in [1.54, 1.807) is 6.07 Å². The average molecular weight is 304 g/mol. The quantitative estimate of drug-likeness (QED) is 0.675. The van der Waals surface area contributed by atoms with Gasteiger partial charge in [0.15, 0.2) is 5.82 Å². The van der Waals surface area contributed by atoms with E-state index in [9.17, 15) is 13.2 Å². The van der Waals surface area contributed by atoms with Crippen LogP contribution < -0.4 is 10.3 Å². The molecule has 0 fully saturated rings. The zero-order valence-electron chi connectivity index (χ0n) is 11.3. The van der Waals surface area contributed by atoms with Crippen LogP contribution in [0.2, 0.25) is 0 Å². The van der Waals surface area contributed by atoms with Crippen LogP contribution in [-0.4, -0.2) is 34.5 Å². The van der Waals surface area contributed by atoms with Crippen LogP contribution in [0.25, 0.3) is 16.9 Å². The van der Waals surface area contributed by atoms with Gasteiger partial charge in [0.25, 0.3) is 0 Å². The molecule has 0 atom stereocenters. The van der Waals surface area contributed by atoms with Gasteiger partial charge in [-0.05, 0) is 12.1 Å². The van der Waals surface area contributed by atoms with Crippen LogP contribution in [0.5, 0.6) is 5.75 Å². The number of imidazole rings is 1. The van der Waals surface area contributed by atoms with Crippen molar-refractivity contribution in [2.75, 3.05) is 7.11 Å². The second-order valence-electron chi connectivity index (χ2n) is 4.42. The minimum absolute atomic E-state index is 0.0193. The summed E-state index contributed by atoms with van der Waals surface area (Å²) in [5, 5.41) is 0. The van der Waals surface area contributed by atoms with Gasteiger partial charge in [-0.2, -0.15) is 13.2 Å². The van der Waals surface area contributed by atoms with Gasteiger partial charge in [0.2, 0.25) is 5.82 Å². The van der Waals surface area contributed by atoms with Gasteiger partial charge in [-0.25, -0.2) is 9.97 Å². The molecule has 0 unspecified atom stereocenters. The highest BCUT2D eigenvalue weighted by atomic mass is 19.4. The van der Waals surface area contributed by atoms with Crippen LogP contribution in [0, 0.1) is 0 Å². The van der Waals surface area contributed by atoms with Gasteiger partial charge in [0, 0.05) is 17.9 Å². The van der Waals surface area contributed by atoms with E-state index in [2.05, 4.69) is 15.0 Å². The van der Waals surface area contributed by atoms with Gasteiger partial charge in [0.05, 0.1) is 24.3 Å².